The molecular weight excluding hydrogens is 178 g/mol. The molecule has 0 aliphatic rings. The summed E-state index contributed by atoms with van der Waals surface area (Å²) in [6.07, 6.45) is 1.98. The van der Waals surface area contributed by atoms with E-state index in [9.17, 15) is 4.79 Å². The van der Waals surface area contributed by atoms with Crippen LogP contribution in [0.1, 0.15) is 27.2 Å². The molecule has 0 heterocycles. The van der Waals surface area contributed by atoms with Crippen molar-refractivity contribution in [2.45, 2.75) is 32.8 Å². The Morgan fingerprint density at radius 1 is 1.50 bits per heavy atom. The van der Waals surface area contributed by atoms with E-state index in [1.807, 2.05) is 20.8 Å². The Labute approximate surface area is 85.8 Å². The van der Waals surface area contributed by atoms with E-state index in [4.69, 9.17) is 4.74 Å². The van der Waals surface area contributed by atoms with Crippen molar-refractivity contribution in [1.29, 1.82) is 0 Å². The van der Waals surface area contributed by atoms with Gasteiger partial charge in [-0.25, -0.2) is 4.79 Å². The van der Waals surface area contributed by atoms with Gasteiger partial charge in [0, 0.05) is 6.54 Å². The highest BCUT2D eigenvalue weighted by Crippen LogP contribution is 2.06. The van der Waals surface area contributed by atoms with Crippen molar-refractivity contribution in [3.8, 4) is 0 Å². The number of hydrogen-bond donors (Lipinski definition) is 1. The summed E-state index contributed by atoms with van der Waals surface area (Å²) in [5.41, 5.74) is 0.459. The summed E-state index contributed by atoms with van der Waals surface area (Å²) in [5.74, 6) is 0. The zero-order valence-corrected chi connectivity index (χ0v) is 9.22. The average Bonchev–Trinajstić information content (AvgIpc) is 2.00. The number of allylic oxidation sites excluding steroid dienone is 1. The van der Waals surface area contributed by atoms with Crippen molar-refractivity contribution in [3.63, 3.8) is 0 Å². The zero-order valence-electron chi connectivity index (χ0n) is 9.22. The summed E-state index contributed by atoms with van der Waals surface area (Å²) in [4.78, 5) is 11.1. The van der Waals surface area contributed by atoms with Crippen LogP contribution in [-0.4, -0.2) is 18.2 Å². The Bertz CT molecular complexity index is 226. The van der Waals surface area contributed by atoms with E-state index in [1.54, 1.807) is 6.08 Å². The standard InChI is InChI=1S/C11H19NO2/c1-6-9(2)7-8-12-10(13)14-11(3,4)5/h6H,1-2,7-8H2,3-5H3,(H,12,13). The van der Waals surface area contributed by atoms with Gasteiger partial charge in [0.05, 0.1) is 0 Å². The van der Waals surface area contributed by atoms with E-state index < -0.39 is 11.7 Å². The molecule has 0 atom stereocenters. The molecule has 0 aliphatic carbocycles. The fraction of sp³-hybridized carbons (Fsp3) is 0.545. The van der Waals surface area contributed by atoms with Crippen molar-refractivity contribution in [1.82, 2.24) is 5.32 Å². The summed E-state index contributed by atoms with van der Waals surface area (Å²) in [6, 6.07) is 0. The number of carbonyl (C=O) groups is 1. The summed E-state index contributed by atoms with van der Waals surface area (Å²) in [5, 5.41) is 2.63. The molecule has 1 amide bonds. The van der Waals surface area contributed by atoms with Crippen LogP contribution in [0.4, 0.5) is 4.79 Å². The number of carbonyl (C=O) groups excluding carboxylic acids is 1. The molecule has 0 bridgehead atoms. The van der Waals surface area contributed by atoms with Gasteiger partial charge in [0.15, 0.2) is 0 Å². The Morgan fingerprint density at radius 2 is 2.07 bits per heavy atom. The van der Waals surface area contributed by atoms with E-state index >= 15 is 0 Å². The van der Waals surface area contributed by atoms with E-state index in [-0.39, 0.29) is 0 Å². The zero-order chi connectivity index (χ0) is 11.2. The molecule has 0 aromatic rings. The lowest BCUT2D eigenvalue weighted by atomic mass is 10.2. The minimum absolute atomic E-state index is 0.394. The van der Waals surface area contributed by atoms with Gasteiger partial charge in [-0.2, -0.15) is 0 Å². The van der Waals surface area contributed by atoms with Crippen LogP contribution in [0.2, 0.25) is 0 Å². The molecule has 0 rings (SSSR count). The fourth-order valence-corrected chi connectivity index (χ4v) is 0.741. The van der Waals surface area contributed by atoms with Crippen LogP contribution in [0.15, 0.2) is 24.8 Å². The van der Waals surface area contributed by atoms with Gasteiger partial charge in [-0.05, 0) is 27.2 Å². The molecule has 80 valence electrons. The number of ether oxygens (including phenoxy) is 1. The fourth-order valence-electron chi connectivity index (χ4n) is 0.741. The van der Waals surface area contributed by atoms with Gasteiger partial charge in [-0.3, -0.25) is 0 Å². The second-order valence-corrected chi connectivity index (χ2v) is 4.04. The number of rotatable bonds is 4. The van der Waals surface area contributed by atoms with Gasteiger partial charge in [0.1, 0.15) is 5.60 Å². The minimum Gasteiger partial charge on any atom is -0.444 e. The van der Waals surface area contributed by atoms with Gasteiger partial charge in [0.25, 0.3) is 0 Å². The first-order valence-electron chi connectivity index (χ1n) is 4.62. The van der Waals surface area contributed by atoms with Crippen LogP contribution in [0.5, 0.6) is 0 Å². The molecule has 0 aliphatic heterocycles. The normalized spacial score (nSPS) is 10.5. The molecule has 0 saturated carbocycles. The van der Waals surface area contributed by atoms with Crippen molar-refractivity contribution >= 4 is 6.09 Å². The van der Waals surface area contributed by atoms with Crippen LogP contribution in [0.25, 0.3) is 0 Å². The lowest BCUT2D eigenvalue weighted by Gasteiger charge is -2.19. The second kappa shape index (κ2) is 5.47. The molecule has 0 radical (unpaired) electrons. The highest BCUT2D eigenvalue weighted by Gasteiger charge is 2.15. The monoisotopic (exact) mass is 197 g/mol. The lowest BCUT2D eigenvalue weighted by Crippen LogP contribution is -2.33. The molecule has 0 saturated heterocycles. The molecule has 0 aromatic heterocycles. The maximum absolute atomic E-state index is 11.1. The van der Waals surface area contributed by atoms with Crippen molar-refractivity contribution in [2.75, 3.05) is 6.54 Å². The van der Waals surface area contributed by atoms with E-state index in [0.29, 0.717) is 13.0 Å². The summed E-state index contributed by atoms with van der Waals surface area (Å²) in [6.45, 7) is 13.3. The van der Waals surface area contributed by atoms with Gasteiger partial charge in [-0.15, -0.1) is 0 Å². The Kier molecular flexibility index (Phi) is 4.99. The SMILES string of the molecule is C=CC(=C)CCNC(=O)OC(C)(C)C. The largest absolute Gasteiger partial charge is 0.444 e. The Morgan fingerprint density at radius 3 is 2.50 bits per heavy atom. The minimum atomic E-state index is -0.445. The molecule has 0 spiro atoms. The molecule has 14 heavy (non-hydrogen) atoms. The molecule has 0 aromatic carbocycles. The third kappa shape index (κ3) is 7.40. The lowest BCUT2D eigenvalue weighted by molar-refractivity contribution is 0.0528. The second-order valence-electron chi connectivity index (χ2n) is 4.04. The summed E-state index contributed by atoms with van der Waals surface area (Å²) in [7, 11) is 0. The predicted octanol–water partition coefficient (Wildman–Crippen LogP) is 2.64. The smallest absolute Gasteiger partial charge is 0.407 e. The third-order valence-corrected chi connectivity index (χ3v) is 1.40. The van der Waals surface area contributed by atoms with E-state index in [1.165, 1.54) is 0 Å². The van der Waals surface area contributed by atoms with Crippen LogP contribution >= 0.6 is 0 Å². The van der Waals surface area contributed by atoms with Gasteiger partial charge >= 0.3 is 6.09 Å². The number of amides is 1. The highest BCUT2D eigenvalue weighted by atomic mass is 16.6. The Hall–Kier alpha value is -1.25. The number of alkyl carbamates (subject to hydrolysis) is 1. The number of nitrogens with one attached hydrogen (secondary N) is 1. The average molecular weight is 197 g/mol. The predicted molar refractivity (Wildman–Crippen MR) is 58.2 cm³/mol. The van der Waals surface area contributed by atoms with Crippen molar-refractivity contribution < 1.29 is 9.53 Å². The quantitative estimate of drug-likeness (QED) is 0.703. The summed E-state index contributed by atoms with van der Waals surface area (Å²) < 4.78 is 5.05. The molecule has 3 nitrogen and oxygen atoms in total. The van der Waals surface area contributed by atoms with Gasteiger partial charge in [0.2, 0.25) is 0 Å². The highest BCUT2D eigenvalue weighted by molar-refractivity contribution is 5.67. The Balaban J connectivity index is 3.65. The van der Waals surface area contributed by atoms with Crippen LogP contribution in [0.3, 0.4) is 0 Å². The number of hydrogen-bond acceptors (Lipinski definition) is 2. The maximum Gasteiger partial charge on any atom is 0.407 e. The van der Waals surface area contributed by atoms with Crippen molar-refractivity contribution in [2.24, 2.45) is 0 Å². The van der Waals surface area contributed by atoms with Crippen LogP contribution in [0, 0.1) is 0 Å². The molecular formula is C11H19NO2. The van der Waals surface area contributed by atoms with Crippen molar-refractivity contribution in [3.05, 3.63) is 24.8 Å². The third-order valence-electron chi connectivity index (χ3n) is 1.40. The first-order chi connectivity index (χ1) is 6.35. The summed E-state index contributed by atoms with van der Waals surface area (Å²) >= 11 is 0. The van der Waals surface area contributed by atoms with Gasteiger partial charge in [-0.1, -0.05) is 24.8 Å². The maximum atomic E-state index is 11.1. The van der Waals surface area contributed by atoms with E-state index in [0.717, 1.165) is 5.57 Å². The molecule has 0 unspecified atom stereocenters. The van der Waals surface area contributed by atoms with Crippen LogP contribution < -0.4 is 5.32 Å². The first-order valence-corrected chi connectivity index (χ1v) is 4.62. The molecule has 3 heteroatoms. The first kappa shape index (κ1) is 12.8. The topological polar surface area (TPSA) is 38.3 Å². The van der Waals surface area contributed by atoms with Gasteiger partial charge < -0.3 is 10.1 Å². The van der Waals surface area contributed by atoms with Crippen LogP contribution in [-0.2, 0) is 4.74 Å². The van der Waals surface area contributed by atoms with E-state index in [2.05, 4.69) is 18.5 Å². The molecule has 0 fully saturated rings. The molecule has 1 N–H and O–H groups in total.